The summed E-state index contributed by atoms with van der Waals surface area (Å²) in [6, 6.07) is 0. The van der Waals surface area contributed by atoms with Gasteiger partial charge in [0.25, 0.3) is 0 Å². The maximum atomic E-state index is 12.3. The number of hydrogen-bond acceptors (Lipinski definition) is 4. The molecule has 2 aliphatic heterocycles. The fourth-order valence-corrected chi connectivity index (χ4v) is 5.64. The highest BCUT2D eigenvalue weighted by atomic mass is 32.2. The normalized spacial score (nSPS) is 29.6. The monoisotopic (exact) mass is 400 g/mol. The molecule has 2 aliphatic rings. The number of nitrogens with one attached hydrogen (secondary N) is 1. The summed E-state index contributed by atoms with van der Waals surface area (Å²) in [5, 5.41) is 3.37. The summed E-state index contributed by atoms with van der Waals surface area (Å²) < 4.78 is 23.9. The second kappa shape index (κ2) is 8.27. The molecule has 2 unspecified atom stereocenters. The molecule has 0 aromatic heterocycles. The molecule has 7 heteroatoms. The number of aliphatic imine (C=N–C) groups is 1. The summed E-state index contributed by atoms with van der Waals surface area (Å²) in [6.07, 6.45) is 1.30. The first-order valence-corrected chi connectivity index (χ1v) is 12.0. The second-order valence-corrected chi connectivity index (χ2v) is 12.6. The van der Waals surface area contributed by atoms with Gasteiger partial charge in [-0.1, -0.05) is 13.8 Å². The Labute approximate surface area is 166 Å². The van der Waals surface area contributed by atoms with E-state index in [-0.39, 0.29) is 11.3 Å². The van der Waals surface area contributed by atoms with Crippen molar-refractivity contribution in [1.29, 1.82) is 0 Å². The van der Waals surface area contributed by atoms with Gasteiger partial charge in [0, 0.05) is 38.3 Å². The van der Waals surface area contributed by atoms with Gasteiger partial charge in [-0.05, 0) is 52.9 Å². The molecule has 158 valence electrons. The van der Waals surface area contributed by atoms with E-state index >= 15 is 0 Å². The summed E-state index contributed by atoms with van der Waals surface area (Å²) in [4.78, 5) is 9.63. The van der Waals surface area contributed by atoms with Gasteiger partial charge in [0.2, 0.25) is 0 Å². The first-order chi connectivity index (χ1) is 12.4. The van der Waals surface area contributed by atoms with Crippen LogP contribution < -0.4 is 5.32 Å². The van der Waals surface area contributed by atoms with Crippen LogP contribution in [0, 0.1) is 11.8 Å². The quantitative estimate of drug-likeness (QED) is 0.579. The predicted octanol–water partition coefficient (Wildman–Crippen LogP) is 2.22. The molecule has 1 N–H and O–H groups in total. The van der Waals surface area contributed by atoms with Crippen molar-refractivity contribution < 1.29 is 8.42 Å². The third-order valence-corrected chi connectivity index (χ3v) is 8.55. The van der Waals surface area contributed by atoms with Crippen LogP contribution in [-0.2, 0) is 9.84 Å². The van der Waals surface area contributed by atoms with Crippen LogP contribution in [0.4, 0.5) is 0 Å². The maximum absolute atomic E-state index is 12.3. The number of piperidine rings is 1. The Morgan fingerprint density at radius 2 is 1.81 bits per heavy atom. The van der Waals surface area contributed by atoms with Crippen molar-refractivity contribution in [3.63, 3.8) is 0 Å². The van der Waals surface area contributed by atoms with E-state index in [1.807, 2.05) is 13.8 Å². The van der Waals surface area contributed by atoms with Crippen molar-refractivity contribution >= 4 is 15.8 Å². The van der Waals surface area contributed by atoms with Gasteiger partial charge >= 0.3 is 0 Å². The first-order valence-electron chi connectivity index (χ1n) is 10.4. The lowest BCUT2D eigenvalue weighted by atomic mass is 9.88. The number of guanidine groups is 1. The summed E-state index contributed by atoms with van der Waals surface area (Å²) in [6.45, 7) is 19.6. The Morgan fingerprint density at radius 3 is 2.33 bits per heavy atom. The zero-order valence-electron chi connectivity index (χ0n) is 18.4. The highest BCUT2D eigenvalue weighted by Crippen LogP contribution is 2.28. The van der Waals surface area contributed by atoms with Gasteiger partial charge in [0.15, 0.2) is 15.8 Å². The first kappa shape index (κ1) is 22.5. The lowest BCUT2D eigenvalue weighted by molar-refractivity contribution is 0.0511. The van der Waals surface area contributed by atoms with Crippen molar-refractivity contribution in [3.8, 4) is 0 Å². The number of hydrogen-bond donors (Lipinski definition) is 1. The van der Waals surface area contributed by atoms with E-state index in [1.165, 1.54) is 6.42 Å². The molecule has 2 atom stereocenters. The molecule has 2 rings (SSSR count). The van der Waals surface area contributed by atoms with Crippen molar-refractivity contribution in [2.24, 2.45) is 16.8 Å². The topological polar surface area (TPSA) is 65.0 Å². The molecule has 2 saturated heterocycles. The van der Waals surface area contributed by atoms with Gasteiger partial charge in [-0.2, -0.15) is 0 Å². The highest BCUT2D eigenvalue weighted by Gasteiger charge is 2.41. The fraction of sp³-hybridized carbons (Fsp3) is 0.950. The molecule has 0 amide bonds. The van der Waals surface area contributed by atoms with Gasteiger partial charge in [0.1, 0.15) is 0 Å². The van der Waals surface area contributed by atoms with Crippen LogP contribution in [-0.4, -0.2) is 79.5 Å². The van der Waals surface area contributed by atoms with Crippen molar-refractivity contribution in [3.05, 3.63) is 0 Å². The predicted molar refractivity (Wildman–Crippen MR) is 114 cm³/mol. The molecule has 0 aromatic rings. The van der Waals surface area contributed by atoms with E-state index in [4.69, 9.17) is 4.99 Å². The molecule has 0 spiro atoms. The van der Waals surface area contributed by atoms with Gasteiger partial charge in [0.05, 0.1) is 17.0 Å². The lowest BCUT2D eigenvalue weighted by Gasteiger charge is -2.45. The third-order valence-electron chi connectivity index (χ3n) is 6.02. The molecular formula is C20H40N4O2S. The minimum absolute atomic E-state index is 0.0129. The van der Waals surface area contributed by atoms with Gasteiger partial charge in [-0.15, -0.1) is 0 Å². The zero-order valence-corrected chi connectivity index (χ0v) is 19.2. The van der Waals surface area contributed by atoms with E-state index in [0.29, 0.717) is 19.6 Å². The molecule has 0 saturated carbocycles. The van der Waals surface area contributed by atoms with E-state index in [2.05, 4.69) is 49.7 Å². The molecular weight excluding hydrogens is 360 g/mol. The van der Waals surface area contributed by atoms with Crippen LogP contribution in [0.5, 0.6) is 0 Å². The minimum Gasteiger partial charge on any atom is -0.357 e. The van der Waals surface area contributed by atoms with Crippen LogP contribution in [0.3, 0.4) is 0 Å². The largest absolute Gasteiger partial charge is 0.357 e. The summed E-state index contributed by atoms with van der Waals surface area (Å²) >= 11 is 0. The number of nitrogens with zero attached hydrogens (tertiary/aromatic N) is 3. The van der Waals surface area contributed by atoms with Gasteiger partial charge in [-0.3, -0.25) is 9.89 Å². The van der Waals surface area contributed by atoms with Crippen LogP contribution in [0.2, 0.25) is 0 Å². The minimum atomic E-state index is -3.05. The average Bonchev–Trinajstić information content (AvgIpc) is 2.53. The van der Waals surface area contributed by atoms with E-state index in [1.54, 1.807) is 0 Å². The van der Waals surface area contributed by atoms with E-state index in [9.17, 15) is 8.42 Å². The number of likely N-dealkylation sites (tertiary alicyclic amines) is 1. The third kappa shape index (κ3) is 5.37. The Kier molecular flexibility index (Phi) is 6.89. The standard InChI is InChI=1S/C20H40N4O2S/c1-8-21-18(23-9-10-27(25,26)20(6,7)15-23)22-14-19(4,5)24-12-16(2)11-17(3)13-24/h16-17H,8-15H2,1-7H3,(H,21,22). The van der Waals surface area contributed by atoms with E-state index < -0.39 is 14.6 Å². The average molecular weight is 401 g/mol. The van der Waals surface area contributed by atoms with Crippen molar-refractivity contribution in [1.82, 2.24) is 15.1 Å². The highest BCUT2D eigenvalue weighted by molar-refractivity contribution is 7.92. The Balaban J connectivity index is 2.13. The molecule has 6 nitrogen and oxygen atoms in total. The fourth-order valence-electron chi connectivity index (χ4n) is 4.28. The van der Waals surface area contributed by atoms with E-state index in [0.717, 1.165) is 37.4 Å². The SMILES string of the molecule is CCNC(=NCC(C)(C)N1CC(C)CC(C)C1)N1CCS(=O)(=O)C(C)(C)C1. The zero-order chi connectivity index (χ0) is 20.5. The lowest BCUT2D eigenvalue weighted by Crippen LogP contribution is -2.58. The number of sulfone groups is 1. The van der Waals surface area contributed by atoms with Crippen molar-refractivity contribution in [2.75, 3.05) is 45.0 Å². The van der Waals surface area contributed by atoms with Gasteiger partial charge < -0.3 is 10.2 Å². The van der Waals surface area contributed by atoms with Crippen LogP contribution >= 0.6 is 0 Å². The van der Waals surface area contributed by atoms with Crippen LogP contribution in [0.15, 0.2) is 4.99 Å². The molecule has 2 heterocycles. The smallest absolute Gasteiger partial charge is 0.194 e. The Bertz CT molecular complexity index is 632. The molecule has 2 fully saturated rings. The summed E-state index contributed by atoms with van der Waals surface area (Å²) in [7, 11) is -3.05. The Hall–Kier alpha value is -0.820. The van der Waals surface area contributed by atoms with Crippen LogP contribution in [0.25, 0.3) is 0 Å². The van der Waals surface area contributed by atoms with Crippen molar-refractivity contribution in [2.45, 2.75) is 65.2 Å². The summed E-state index contributed by atoms with van der Waals surface area (Å²) in [5.74, 6) is 2.47. The molecule has 0 bridgehead atoms. The molecule has 27 heavy (non-hydrogen) atoms. The van der Waals surface area contributed by atoms with Gasteiger partial charge in [-0.25, -0.2) is 8.42 Å². The Morgan fingerprint density at radius 1 is 1.22 bits per heavy atom. The second-order valence-electron chi connectivity index (χ2n) is 9.83. The van der Waals surface area contributed by atoms with Crippen LogP contribution in [0.1, 0.15) is 54.9 Å². The molecule has 0 aliphatic carbocycles. The molecule has 0 aromatic carbocycles. The molecule has 0 radical (unpaired) electrons. The maximum Gasteiger partial charge on any atom is 0.194 e. The number of rotatable bonds is 4. The summed E-state index contributed by atoms with van der Waals surface area (Å²) in [5.41, 5.74) is -0.0129.